The van der Waals surface area contributed by atoms with E-state index in [4.69, 9.17) is 24.9 Å². The summed E-state index contributed by atoms with van der Waals surface area (Å²) in [5.41, 5.74) is 9.80. The van der Waals surface area contributed by atoms with Gasteiger partial charge in [0.1, 0.15) is 17.1 Å². The minimum atomic E-state index is -0.409. The maximum Gasteiger partial charge on any atom is 0.344 e. The summed E-state index contributed by atoms with van der Waals surface area (Å²) in [4.78, 5) is 38.7. The monoisotopic (exact) mass is 604 g/mol. The van der Waals surface area contributed by atoms with Crippen LogP contribution in [0.15, 0.2) is 48.5 Å². The van der Waals surface area contributed by atoms with Crippen molar-refractivity contribution in [1.82, 2.24) is 24.3 Å². The number of benzene rings is 2. The molecule has 0 unspecified atom stereocenters. The van der Waals surface area contributed by atoms with E-state index in [0.29, 0.717) is 69.3 Å². The molecule has 2 N–H and O–H groups in total. The number of carbonyl (C=O) groups is 2. The number of methoxy groups -OCH3 is 1. The molecule has 0 atom stereocenters. The molecule has 0 saturated carbocycles. The number of imidazole rings is 1. The highest BCUT2D eigenvalue weighted by atomic mass is 16.6. The van der Waals surface area contributed by atoms with Gasteiger partial charge in [-0.2, -0.15) is 0 Å². The lowest BCUT2D eigenvalue weighted by molar-refractivity contribution is -0.145. The molecule has 44 heavy (non-hydrogen) atoms. The lowest BCUT2D eigenvalue weighted by Gasteiger charge is -2.27. The van der Waals surface area contributed by atoms with Gasteiger partial charge in [-0.05, 0) is 50.2 Å². The summed E-state index contributed by atoms with van der Waals surface area (Å²) in [7, 11) is 1.68. The summed E-state index contributed by atoms with van der Waals surface area (Å²) in [5.74, 6) is 1.52. The van der Waals surface area contributed by atoms with Gasteiger partial charge in [-0.15, -0.1) is 0 Å². The number of rotatable bonds is 17. The standard InChI is InChI=1S/C33H44N6O5/c1-5-37(6-2)22-29(40)38(21-24-13-15-25(16-14-24)44-23-30(41)43-7-3)18-10-19-39-28(17-20-42-4)36-31-32(39)26-11-8-9-12-27(26)35-33(31)34/h8-9,11-16H,5-7,10,17-23H2,1-4H3,(H2,34,35). The van der Waals surface area contributed by atoms with Crippen LogP contribution in [0.4, 0.5) is 5.82 Å². The van der Waals surface area contributed by atoms with Crippen LogP contribution in [0.5, 0.6) is 5.75 Å². The molecule has 1 amide bonds. The van der Waals surface area contributed by atoms with Crippen molar-refractivity contribution in [3.05, 3.63) is 59.9 Å². The smallest absolute Gasteiger partial charge is 0.344 e. The number of carbonyl (C=O) groups excluding carboxylic acids is 2. The van der Waals surface area contributed by atoms with Gasteiger partial charge >= 0.3 is 5.97 Å². The van der Waals surface area contributed by atoms with E-state index in [0.717, 1.165) is 40.9 Å². The van der Waals surface area contributed by atoms with E-state index in [1.807, 2.05) is 53.4 Å². The maximum absolute atomic E-state index is 13.6. The van der Waals surface area contributed by atoms with Gasteiger partial charge in [-0.25, -0.2) is 14.8 Å². The second kappa shape index (κ2) is 16.0. The Morgan fingerprint density at radius 1 is 1.00 bits per heavy atom. The molecule has 0 fully saturated rings. The molecule has 0 aliphatic carbocycles. The summed E-state index contributed by atoms with van der Waals surface area (Å²) in [6.45, 7) is 10.2. The summed E-state index contributed by atoms with van der Waals surface area (Å²) in [6.07, 6.45) is 1.35. The van der Waals surface area contributed by atoms with E-state index in [2.05, 4.69) is 28.3 Å². The molecule has 0 aliphatic rings. The first-order valence-electron chi connectivity index (χ1n) is 15.3. The van der Waals surface area contributed by atoms with Gasteiger partial charge in [0.15, 0.2) is 12.4 Å². The van der Waals surface area contributed by atoms with E-state index in [1.165, 1.54) is 0 Å². The first kappa shape index (κ1) is 32.7. The summed E-state index contributed by atoms with van der Waals surface area (Å²) < 4.78 is 18.0. The summed E-state index contributed by atoms with van der Waals surface area (Å²) >= 11 is 0. The number of aryl methyl sites for hydroxylation is 1. The van der Waals surface area contributed by atoms with Crippen molar-refractivity contribution in [2.24, 2.45) is 0 Å². The van der Waals surface area contributed by atoms with Crippen LogP contribution in [-0.4, -0.2) is 89.3 Å². The fourth-order valence-corrected chi connectivity index (χ4v) is 5.24. The lowest BCUT2D eigenvalue weighted by atomic mass is 10.1. The number of amides is 1. The average Bonchev–Trinajstić information content (AvgIpc) is 3.40. The molecule has 0 radical (unpaired) electrons. The van der Waals surface area contributed by atoms with Crippen LogP contribution >= 0.6 is 0 Å². The Labute approximate surface area is 258 Å². The zero-order chi connectivity index (χ0) is 31.5. The van der Waals surface area contributed by atoms with Crippen LogP contribution in [-0.2, 0) is 38.6 Å². The number of fused-ring (bicyclic) bond motifs is 3. The van der Waals surface area contributed by atoms with Gasteiger partial charge in [0, 0.05) is 38.6 Å². The summed E-state index contributed by atoms with van der Waals surface area (Å²) in [6, 6.07) is 15.4. The predicted molar refractivity (Wildman–Crippen MR) is 171 cm³/mol. The van der Waals surface area contributed by atoms with E-state index >= 15 is 0 Å². The highest BCUT2D eigenvalue weighted by molar-refractivity contribution is 6.06. The number of anilines is 1. The minimum Gasteiger partial charge on any atom is -0.482 e. The van der Waals surface area contributed by atoms with Gasteiger partial charge in [-0.1, -0.05) is 44.2 Å². The number of hydrogen-bond donors (Lipinski definition) is 1. The fraction of sp³-hybridized carbons (Fsp3) is 0.455. The van der Waals surface area contributed by atoms with Crippen LogP contribution < -0.4 is 10.5 Å². The van der Waals surface area contributed by atoms with Gasteiger partial charge < -0.3 is 29.4 Å². The number of nitrogen functional groups attached to an aromatic ring is 1. The molecule has 4 rings (SSSR count). The van der Waals surface area contributed by atoms with Crippen LogP contribution in [0, 0.1) is 0 Å². The van der Waals surface area contributed by atoms with Crippen LogP contribution in [0.3, 0.4) is 0 Å². The van der Waals surface area contributed by atoms with Gasteiger partial charge in [0.25, 0.3) is 0 Å². The van der Waals surface area contributed by atoms with Gasteiger partial charge in [0.2, 0.25) is 5.91 Å². The predicted octanol–water partition coefficient (Wildman–Crippen LogP) is 4.06. The van der Waals surface area contributed by atoms with E-state index in [9.17, 15) is 9.59 Å². The Morgan fingerprint density at radius 3 is 2.45 bits per heavy atom. The quantitative estimate of drug-likeness (QED) is 0.178. The van der Waals surface area contributed by atoms with Crippen molar-refractivity contribution < 1.29 is 23.8 Å². The van der Waals surface area contributed by atoms with Gasteiger partial charge in [0.05, 0.1) is 30.8 Å². The lowest BCUT2D eigenvalue weighted by Crippen LogP contribution is -2.40. The number of likely N-dealkylation sites (N-methyl/N-ethyl adjacent to an activating group) is 1. The Bertz CT molecular complexity index is 1530. The minimum absolute atomic E-state index is 0.0744. The van der Waals surface area contributed by atoms with Gasteiger partial charge in [-0.3, -0.25) is 9.69 Å². The van der Waals surface area contributed by atoms with E-state index in [1.54, 1.807) is 14.0 Å². The van der Waals surface area contributed by atoms with Crippen molar-refractivity contribution >= 4 is 39.6 Å². The number of nitrogens with two attached hydrogens (primary N) is 1. The molecular weight excluding hydrogens is 560 g/mol. The highest BCUT2D eigenvalue weighted by Crippen LogP contribution is 2.29. The SMILES string of the molecule is CCOC(=O)COc1ccc(CN(CCCn2c(CCOC)nc3c(N)nc4ccccc4c32)C(=O)CN(CC)CC)cc1. The first-order chi connectivity index (χ1) is 21.4. The van der Waals surface area contributed by atoms with Crippen LogP contribution in [0.25, 0.3) is 21.9 Å². The van der Waals surface area contributed by atoms with E-state index < -0.39 is 5.97 Å². The number of esters is 1. The number of pyridine rings is 1. The molecule has 236 valence electrons. The molecule has 0 aliphatic heterocycles. The van der Waals surface area contributed by atoms with Crippen molar-refractivity contribution in [3.8, 4) is 5.75 Å². The second-order valence-corrected chi connectivity index (χ2v) is 10.5. The maximum atomic E-state index is 13.6. The Kier molecular flexibility index (Phi) is 11.9. The topological polar surface area (TPSA) is 125 Å². The number of nitrogens with zero attached hydrogens (tertiary/aromatic N) is 5. The third-order valence-corrected chi connectivity index (χ3v) is 7.59. The molecule has 0 saturated heterocycles. The molecule has 4 aromatic rings. The second-order valence-electron chi connectivity index (χ2n) is 10.5. The third kappa shape index (κ3) is 8.23. The molecule has 0 bridgehead atoms. The molecule has 0 spiro atoms. The van der Waals surface area contributed by atoms with Crippen molar-refractivity contribution in [2.75, 3.05) is 58.8 Å². The van der Waals surface area contributed by atoms with Crippen molar-refractivity contribution in [3.63, 3.8) is 0 Å². The Balaban J connectivity index is 1.54. The van der Waals surface area contributed by atoms with Crippen LogP contribution in [0.1, 0.15) is 38.6 Å². The largest absolute Gasteiger partial charge is 0.482 e. The fourth-order valence-electron chi connectivity index (χ4n) is 5.24. The Hall–Kier alpha value is -4.22. The Morgan fingerprint density at radius 2 is 1.75 bits per heavy atom. The van der Waals surface area contributed by atoms with E-state index in [-0.39, 0.29) is 12.5 Å². The molecule has 11 nitrogen and oxygen atoms in total. The highest BCUT2D eigenvalue weighted by Gasteiger charge is 2.20. The molecule has 2 aromatic carbocycles. The number of hydrogen-bond acceptors (Lipinski definition) is 9. The normalized spacial score (nSPS) is 11.4. The third-order valence-electron chi connectivity index (χ3n) is 7.59. The number of ether oxygens (including phenoxy) is 3. The van der Waals surface area contributed by atoms with Crippen molar-refractivity contribution in [1.29, 1.82) is 0 Å². The zero-order valence-electron chi connectivity index (χ0n) is 26.3. The van der Waals surface area contributed by atoms with Crippen molar-refractivity contribution in [2.45, 2.75) is 46.7 Å². The number of para-hydroxylation sites is 1. The average molecular weight is 605 g/mol. The molecule has 11 heteroatoms. The first-order valence-corrected chi connectivity index (χ1v) is 15.3. The molecule has 2 heterocycles. The zero-order valence-corrected chi connectivity index (χ0v) is 26.3. The molecule has 2 aromatic heterocycles. The molecular formula is C33H44N6O5. The van der Waals surface area contributed by atoms with Crippen LogP contribution in [0.2, 0.25) is 0 Å². The number of aromatic nitrogens is 3. The summed E-state index contributed by atoms with van der Waals surface area (Å²) in [5, 5.41) is 0.993.